The van der Waals surface area contributed by atoms with Gasteiger partial charge in [-0.15, -0.1) is 19.7 Å². The Labute approximate surface area is 573 Å². The van der Waals surface area contributed by atoms with Crippen LogP contribution in [0, 0.1) is 0 Å². The fourth-order valence-electron chi connectivity index (χ4n) is 20.1. The number of nitrogens with zero attached hydrogens (tertiary/aromatic N) is 6. The number of phenolic OH excluding ortho intramolecular Hbond substituents is 3. The predicted octanol–water partition coefficient (Wildman–Crippen LogP) is 7.55. The standard InChI is InChI=1S/3C26H27N3O4/c3*1-2-13-29-14-12-25-21-17-8-9-19(30)22(21)33-23(25)18(10-11-26(25,32)20(29)15-17)27-28-24(31)16-6-4-3-5-7-16/h3*2-9,20,23,30,32H,1,10-15H2,(H,28,31)/b3*27-18+/t3*20-,23+,25+,26-/m111/s1. The van der Waals surface area contributed by atoms with E-state index in [9.17, 15) is 45.0 Å². The number of hydrazone groups is 3. The maximum atomic E-state index is 12.6. The first-order valence-corrected chi connectivity index (χ1v) is 34.5. The highest BCUT2D eigenvalue weighted by atomic mass is 16.5. The van der Waals surface area contributed by atoms with Crippen LogP contribution in [0.5, 0.6) is 34.5 Å². The van der Waals surface area contributed by atoms with E-state index in [1.165, 1.54) is 0 Å². The molecule has 6 bridgehead atoms. The quantitative estimate of drug-likeness (QED) is 0.0422. The van der Waals surface area contributed by atoms with E-state index in [4.69, 9.17) is 14.2 Å². The number of ether oxygens (including phenoxy) is 3. The van der Waals surface area contributed by atoms with Crippen LogP contribution in [0.4, 0.5) is 0 Å². The van der Waals surface area contributed by atoms with Crippen LogP contribution < -0.4 is 30.5 Å². The van der Waals surface area contributed by atoms with Gasteiger partial charge in [0.15, 0.2) is 52.8 Å². The average molecular weight is 1340 g/mol. The number of aromatic hydroxyl groups is 3. The Morgan fingerprint density at radius 2 is 0.697 bits per heavy atom. The molecule has 0 radical (unpaired) electrons. The molecule has 21 heteroatoms. The Kier molecular flexibility index (Phi) is 15.7. The lowest BCUT2D eigenvalue weighted by Gasteiger charge is -2.62. The molecule has 0 aromatic heterocycles. The van der Waals surface area contributed by atoms with Gasteiger partial charge < -0.3 is 44.8 Å². The van der Waals surface area contributed by atoms with Gasteiger partial charge in [0.05, 0.1) is 50.2 Å². The summed E-state index contributed by atoms with van der Waals surface area (Å²) >= 11 is 0. The molecule has 99 heavy (non-hydrogen) atoms. The zero-order chi connectivity index (χ0) is 68.4. The number of carbonyl (C=O) groups is 3. The zero-order valence-corrected chi connectivity index (χ0v) is 55.0. The minimum Gasteiger partial charge on any atom is -0.504 e. The van der Waals surface area contributed by atoms with E-state index < -0.39 is 51.4 Å². The third-order valence-electron chi connectivity index (χ3n) is 24.3. The van der Waals surface area contributed by atoms with Gasteiger partial charge in [0.1, 0.15) is 0 Å². The Hall–Kier alpha value is -9.48. The second-order valence-electron chi connectivity index (χ2n) is 28.5. The first-order chi connectivity index (χ1) is 48.0. The van der Waals surface area contributed by atoms with Gasteiger partial charge in [0.2, 0.25) is 0 Å². The van der Waals surface area contributed by atoms with Crippen LogP contribution >= 0.6 is 0 Å². The fourth-order valence-corrected chi connectivity index (χ4v) is 20.1. The zero-order valence-electron chi connectivity index (χ0n) is 55.0. The molecule has 6 heterocycles. The lowest BCUT2D eigenvalue weighted by atomic mass is 9.49. The molecular weight excluding hydrogens is 1250 g/mol. The number of rotatable bonds is 12. The number of phenols is 3. The summed E-state index contributed by atoms with van der Waals surface area (Å²) in [6, 6.07) is 37.5. The SMILES string of the molecule is C=CCN1CC[C@]23c4c5ccc(O)c4O[C@H]2/C(=N/NC(=O)c2ccccc2)CC[C@@]3(O)[C@H]1C5.C=CCN1CC[C@]23c4c5ccc(O)c4O[C@H]2/C(=N/NC(=O)c2ccccc2)CC[C@@]3(O)[C@H]1C5.C=CCN1CC[C@]23c4c5ccc(O)c4O[C@H]2/C(=N/NC(=O)c2ccccc2)CC[C@@]3(O)[C@H]1C5. The summed E-state index contributed by atoms with van der Waals surface area (Å²) in [6.07, 6.45) is 11.2. The van der Waals surface area contributed by atoms with Gasteiger partial charge in [-0.05, 0) is 148 Å². The molecule has 6 aliphatic carbocycles. The van der Waals surface area contributed by atoms with Crippen molar-refractivity contribution >= 4 is 34.9 Å². The first kappa shape index (κ1) is 64.2. The number of likely N-dealkylation sites (tertiary alicyclic amines) is 3. The van der Waals surface area contributed by atoms with E-state index in [1.807, 2.05) is 91.0 Å². The van der Waals surface area contributed by atoms with Crippen LogP contribution in [-0.2, 0) is 35.5 Å². The highest BCUT2D eigenvalue weighted by Crippen LogP contribution is 2.68. The van der Waals surface area contributed by atoms with Crippen LogP contribution in [0.25, 0.3) is 0 Å². The van der Waals surface area contributed by atoms with Crippen molar-refractivity contribution in [3.63, 3.8) is 0 Å². The molecule has 3 saturated carbocycles. The van der Waals surface area contributed by atoms with Gasteiger partial charge in [0.25, 0.3) is 17.7 Å². The number of piperidine rings is 3. The van der Waals surface area contributed by atoms with Crippen LogP contribution in [0.2, 0.25) is 0 Å². The van der Waals surface area contributed by atoms with E-state index in [-0.39, 0.29) is 53.1 Å². The Morgan fingerprint density at radius 3 is 0.960 bits per heavy atom. The Morgan fingerprint density at radius 1 is 0.424 bits per heavy atom. The summed E-state index contributed by atoms with van der Waals surface area (Å²) in [7, 11) is 0. The van der Waals surface area contributed by atoms with Gasteiger partial charge >= 0.3 is 0 Å². The molecule has 510 valence electrons. The Bertz CT molecular complexity index is 3980. The second-order valence-corrected chi connectivity index (χ2v) is 28.5. The Balaban J connectivity index is 0.000000116. The number of hydrogen-bond acceptors (Lipinski definition) is 18. The van der Waals surface area contributed by atoms with E-state index >= 15 is 0 Å². The van der Waals surface area contributed by atoms with Gasteiger partial charge in [-0.25, -0.2) is 16.3 Å². The lowest BCUT2D eigenvalue weighted by molar-refractivity contribution is -0.164. The number of benzene rings is 6. The molecule has 0 unspecified atom stereocenters. The second kappa shape index (κ2) is 24.2. The van der Waals surface area contributed by atoms with Crippen LogP contribution in [-0.4, -0.2) is 173 Å². The van der Waals surface area contributed by atoms with Gasteiger partial charge in [-0.2, -0.15) is 15.3 Å². The maximum Gasteiger partial charge on any atom is 0.271 e. The number of carbonyl (C=O) groups excluding carboxylic acids is 3. The molecule has 3 amide bonds. The normalized spacial score (nSPS) is 32.7. The van der Waals surface area contributed by atoms with Crippen molar-refractivity contribution in [3.05, 3.63) is 215 Å². The van der Waals surface area contributed by atoms with Crippen molar-refractivity contribution in [2.24, 2.45) is 15.3 Å². The highest BCUT2D eigenvalue weighted by molar-refractivity contribution is 6.01. The summed E-state index contributed by atoms with van der Waals surface area (Å²) in [4.78, 5) is 44.7. The van der Waals surface area contributed by atoms with E-state index in [1.54, 1.807) is 54.6 Å². The molecular formula is C78H81N9O12. The van der Waals surface area contributed by atoms with E-state index in [2.05, 4.69) is 66.0 Å². The van der Waals surface area contributed by atoms with Crippen molar-refractivity contribution in [1.82, 2.24) is 31.0 Å². The van der Waals surface area contributed by atoms with Crippen LogP contribution in [0.15, 0.2) is 181 Å². The van der Waals surface area contributed by atoms with Gasteiger partial charge in [-0.3, -0.25) is 29.1 Å². The summed E-state index contributed by atoms with van der Waals surface area (Å²) in [6.45, 7) is 16.2. The maximum absolute atomic E-state index is 12.6. The molecule has 12 aliphatic rings. The monoisotopic (exact) mass is 1340 g/mol. The van der Waals surface area contributed by atoms with Gasteiger partial charge in [-0.1, -0.05) is 91.0 Å². The molecule has 12 atom stereocenters. The third-order valence-corrected chi connectivity index (χ3v) is 24.3. The molecule has 3 spiro atoms. The number of amides is 3. The van der Waals surface area contributed by atoms with E-state index in [0.29, 0.717) is 148 Å². The summed E-state index contributed by atoms with van der Waals surface area (Å²) in [5.74, 6) is 0.744. The minimum atomic E-state index is -1.02. The smallest absolute Gasteiger partial charge is 0.271 e. The van der Waals surface area contributed by atoms with Crippen molar-refractivity contribution in [3.8, 4) is 34.5 Å². The minimum absolute atomic E-state index is 0.0706. The molecule has 6 fully saturated rings. The molecule has 21 nitrogen and oxygen atoms in total. The topological polar surface area (TPSA) is 283 Å². The van der Waals surface area contributed by atoms with Crippen LogP contribution in [0.1, 0.15) is 122 Å². The average Bonchev–Trinajstić information content (AvgIpc) is 1.60. The lowest BCUT2D eigenvalue weighted by Crippen LogP contribution is -2.76. The van der Waals surface area contributed by atoms with Crippen molar-refractivity contribution in [2.75, 3.05) is 39.3 Å². The summed E-state index contributed by atoms with van der Waals surface area (Å²) < 4.78 is 19.2. The molecule has 6 aromatic rings. The number of nitrogens with one attached hydrogen (secondary N) is 3. The van der Waals surface area contributed by atoms with E-state index in [0.717, 1.165) is 53.0 Å². The predicted molar refractivity (Wildman–Crippen MR) is 371 cm³/mol. The largest absolute Gasteiger partial charge is 0.504 e. The van der Waals surface area contributed by atoms with Gasteiger partial charge in [0, 0.05) is 90.8 Å². The molecule has 6 aliphatic heterocycles. The number of aliphatic hydroxyl groups is 3. The van der Waals surface area contributed by atoms with Crippen LogP contribution in [0.3, 0.4) is 0 Å². The van der Waals surface area contributed by atoms with Crippen molar-refractivity contribution < 1.29 is 59.2 Å². The third kappa shape index (κ3) is 9.33. The highest BCUT2D eigenvalue weighted by Gasteiger charge is 2.76. The summed E-state index contributed by atoms with van der Waals surface area (Å²) in [5.41, 5.74) is 12.6. The first-order valence-electron chi connectivity index (χ1n) is 34.5. The summed E-state index contributed by atoms with van der Waals surface area (Å²) in [5, 5.41) is 82.3. The molecule has 3 saturated heterocycles. The molecule has 18 rings (SSSR count). The number of hydrogen-bond donors (Lipinski definition) is 9. The van der Waals surface area contributed by atoms with Crippen molar-refractivity contribution in [2.45, 2.75) is 147 Å². The molecule has 6 aromatic carbocycles. The molecule has 9 N–H and O–H groups in total. The van der Waals surface area contributed by atoms with Crippen molar-refractivity contribution in [1.29, 1.82) is 0 Å². The fraction of sp³-hybridized carbons (Fsp3) is 0.385.